The van der Waals surface area contributed by atoms with Gasteiger partial charge >= 0.3 is 6.03 Å². The van der Waals surface area contributed by atoms with Crippen molar-refractivity contribution in [3.05, 3.63) is 35.4 Å². The van der Waals surface area contributed by atoms with Gasteiger partial charge in [0, 0.05) is 11.6 Å². The van der Waals surface area contributed by atoms with E-state index in [0.29, 0.717) is 5.56 Å². The molecular formula is C15H21F2N3O2. The van der Waals surface area contributed by atoms with Crippen molar-refractivity contribution in [3.63, 3.8) is 0 Å². The van der Waals surface area contributed by atoms with E-state index in [9.17, 15) is 18.4 Å². The fourth-order valence-electron chi connectivity index (χ4n) is 1.69. The Balaban J connectivity index is 2.46. The first-order valence-corrected chi connectivity index (χ1v) is 6.89. The van der Waals surface area contributed by atoms with Gasteiger partial charge in [-0.15, -0.1) is 0 Å². The first kappa shape index (κ1) is 18.0. The maximum atomic E-state index is 13.1. The van der Waals surface area contributed by atoms with Crippen LogP contribution in [-0.4, -0.2) is 24.0 Å². The molecule has 7 heteroatoms. The summed E-state index contributed by atoms with van der Waals surface area (Å²) in [6.07, 6.45) is 0. The van der Waals surface area contributed by atoms with Crippen molar-refractivity contribution in [2.45, 2.75) is 39.3 Å². The van der Waals surface area contributed by atoms with Crippen molar-refractivity contribution in [3.8, 4) is 0 Å². The Morgan fingerprint density at radius 3 is 2.36 bits per heavy atom. The van der Waals surface area contributed by atoms with Gasteiger partial charge in [0.05, 0.1) is 6.54 Å². The van der Waals surface area contributed by atoms with Crippen LogP contribution in [0.15, 0.2) is 18.2 Å². The van der Waals surface area contributed by atoms with Gasteiger partial charge in [0.2, 0.25) is 5.91 Å². The molecule has 0 bridgehead atoms. The van der Waals surface area contributed by atoms with E-state index in [1.165, 1.54) is 6.07 Å². The molecule has 1 rings (SSSR count). The molecule has 3 amide bonds. The van der Waals surface area contributed by atoms with Gasteiger partial charge in [-0.25, -0.2) is 13.6 Å². The highest BCUT2D eigenvalue weighted by Crippen LogP contribution is 2.15. The summed E-state index contributed by atoms with van der Waals surface area (Å²) < 4.78 is 26.0. The number of imide groups is 1. The summed E-state index contributed by atoms with van der Waals surface area (Å²) in [4.78, 5) is 23.1. The lowest BCUT2D eigenvalue weighted by molar-refractivity contribution is -0.119. The van der Waals surface area contributed by atoms with Crippen LogP contribution in [0.3, 0.4) is 0 Å². The smallest absolute Gasteiger partial charge is 0.321 e. The number of carbonyl (C=O) groups is 2. The lowest BCUT2D eigenvalue weighted by Crippen LogP contribution is -2.50. The first-order chi connectivity index (χ1) is 10.1. The number of nitrogens with one attached hydrogen (secondary N) is 3. The SMILES string of the molecule is C[C@@H](NCC(=O)NC(=O)NC(C)(C)C)c1ccc(F)c(F)c1. The van der Waals surface area contributed by atoms with Crippen molar-refractivity contribution >= 4 is 11.9 Å². The zero-order valence-electron chi connectivity index (χ0n) is 13.1. The summed E-state index contributed by atoms with van der Waals surface area (Å²) in [5.41, 5.74) is 0.0577. The molecule has 5 nitrogen and oxygen atoms in total. The van der Waals surface area contributed by atoms with Crippen LogP contribution >= 0.6 is 0 Å². The van der Waals surface area contributed by atoms with Crippen LogP contribution in [0.4, 0.5) is 13.6 Å². The van der Waals surface area contributed by atoms with E-state index in [4.69, 9.17) is 0 Å². The Labute approximate surface area is 128 Å². The summed E-state index contributed by atoms with van der Waals surface area (Å²) in [6, 6.07) is 2.57. The average Bonchev–Trinajstić information content (AvgIpc) is 2.36. The van der Waals surface area contributed by atoms with Gasteiger partial charge in [0.1, 0.15) is 0 Å². The molecule has 0 saturated carbocycles. The van der Waals surface area contributed by atoms with E-state index in [1.54, 1.807) is 27.7 Å². The van der Waals surface area contributed by atoms with E-state index in [2.05, 4.69) is 16.0 Å². The van der Waals surface area contributed by atoms with Crippen molar-refractivity contribution in [2.75, 3.05) is 6.54 Å². The summed E-state index contributed by atoms with van der Waals surface area (Å²) in [5, 5.41) is 7.60. The van der Waals surface area contributed by atoms with Crippen LogP contribution in [0.1, 0.15) is 39.3 Å². The third-order valence-corrected chi connectivity index (χ3v) is 2.75. The summed E-state index contributed by atoms with van der Waals surface area (Å²) >= 11 is 0. The molecule has 0 unspecified atom stereocenters. The average molecular weight is 313 g/mol. The van der Waals surface area contributed by atoms with Crippen LogP contribution < -0.4 is 16.0 Å². The van der Waals surface area contributed by atoms with Gasteiger partial charge in [-0.2, -0.15) is 0 Å². The monoisotopic (exact) mass is 313 g/mol. The van der Waals surface area contributed by atoms with Gasteiger partial charge in [-0.1, -0.05) is 6.07 Å². The molecule has 0 fully saturated rings. The zero-order chi connectivity index (χ0) is 16.9. The van der Waals surface area contributed by atoms with Gasteiger partial charge in [0.25, 0.3) is 0 Å². The second kappa shape index (κ2) is 7.31. The van der Waals surface area contributed by atoms with Crippen LogP contribution in [-0.2, 0) is 4.79 Å². The second-order valence-corrected chi connectivity index (χ2v) is 6.03. The largest absolute Gasteiger partial charge is 0.333 e. The van der Waals surface area contributed by atoms with E-state index in [0.717, 1.165) is 12.1 Å². The predicted octanol–water partition coefficient (Wildman–Crippen LogP) is 2.24. The summed E-state index contributed by atoms with van der Waals surface area (Å²) in [6.45, 7) is 6.95. The third-order valence-electron chi connectivity index (χ3n) is 2.75. The summed E-state index contributed by atoms with van der Waals surface area (Å²) in [7, 11) is 0. The van der Waals surface area contributed by atoms with Gasteiger partial charge in [-0.05, 0) is 45.4 Å². The van der Waals surface area contributed by atoms with E-state index in [-0.39, 0.29) is 12.6 Å². The van der Waals surface area contributed by atoms with Crippen molar-refractivity contribution in [2.24, 2.45) is 0 Å². The molecule has 0 spiro atoms. The lowest BCUT2D eigenvalue weighted by Gasteiger charge is -2.20. The van der Waals surface area contributed by atoms with Crippen molar-refractivity contribution < 1.29 is 18.4 Å². The number of amides is 3. The Hall–Kier alpha value is -2.02. The standard InChI is InChI=1S/C15H21F2N3O2/c1-9(10-5-6-11(16)12(17)7-10)18-8-13(21)19-14(22)20-15(2,3)4/h5-7,9,18H,8H2,1-4H3,(H2,19,20,21,22)/t9-/m1/s1. The highest BCUT2D eigenvalue weighted by Gasteiger charge is 2.16. The molecule has 0 saturated heterocycles. The molecule has 0 heterocycles. The molecule has 3 N–H and O–H groups in total. The number of hydrogen-bond donors (Lipinski definition) is 3. The maximum Gasteiger partial charge on any atom is 0.321 e. The molecule has 22 heavy (non-hydrogen) atoms. The quantitative estimate of drug-likeness (QED) is 0.798. The van der Waals surface area contributed by atoms with Gasteiger partial charge in [-0.3, -0.25) is 10.1 Å². The Kier molecular flexibility index (Phi) is 5.99. The van der Waals surface area contributed by atoms with Crippen molar-refractivity contribution in [1.82, 2.24) is 16.0 Å². The molecule has 122 valence electrons. The lowest BCUT2D eigenvalue weighted by atomic mass is 10.1. The molecule has 0 aliphatic heterocycles. The number of rotatable bonds is 4. The minimum absolute atomic E-state index is 0.127. The maximum absolute atomic E-state index is 13.1. The van der Waals surface area contributed by atoms with E-state index >= 15 is 0 Å². The highest BCUT2D eigenvalue weighted by molar-refractivity contribution is 5.95. The Bertz CT molecular complexity index is 556. The molecular weight excluding hydrogens is 292 g/mol. The van der Waals surface area contributed by atoms with Crippen LogP contribution in [0.25, 0.3) is 0 Å². The van der Waals surface area contributed by atoms with Gasteiger partial charge in [0.15, 0.2) is 11.6 Å². The van der Waals surface area contributed by atoms with Crippen LogP contribution in [0, 0.1) is 11.6 Å². The molecule has 0 aliphatic carbocycles. The minimum atomic E-state index is -0.944. The number of halogens is 2. The fraction of sp³-hybridized carbons (Fsp3) is 0.467. The molecule has 1 aromatic carbocycles. The molecule has 0 radical (unpaired) electrons. The van der Waals surface area contributed by atoms with Crippen molar-refractivity contribution in [1.29, 1.82) is 0 Å². The molecule has 0 aliphatic rings. The number of urea groups is 1. The number of hydrogen-bond acceptors (Lipinski definition) is 3. The minimum Gasteiger partial charge on any atom is -0.333 e. The fourth-order valence-corrected chi connectivity index (χ4v) is 1.69. The Morgan fingerprint density at radius 2 is 1.82 bits per heavy atom. The molecule has 0 aromatic heterocycles. The molecule has 1 atom stereocenters. The first-order valence-electron chi connectivity index (χ1n) is 6.89. The Morgan fingerprint density at radius 1 is 1.18 bits per heavy atom. The second-order valence-electron chi connectivity index (χ2n) is 6.03. The van der Waals surface area contributed by atoms with E-state index < -0.39 is 29.1 Å². The van der Waals surface area contributed by atoms with Gasteiger partial charge < -0.3 is 10.6 Å². The predicted molar refractivity (Wildman–Crippen MR) is 79.2 cm³/mol. The van der Waals surface area contributed by atoms with E-state index in [1.807, 2.05) is 0 Å². The van der Waals surface area contributed by atoms with Crippen LogP contribution in [0.5, 0.6) is 0 Å². The topological polar surface area (TPSA) is 70.2 Å². The number of benzene rings is 1. The van der Waals surface area contributed by atoms with Crippen LogP contribution in [0.2, 0.25) is 0 Å². The highest BCUT2D eigenvalue weighted by atomic mass is 19.2. The molecule has 1 aromatic rings. The third kappa shape index (κ3) is 6.17. The zero-order valence-corrected chi connectivity index (χ0v) is 13.1. The summed E-state index contributed by atoms with van der Waals surface area (Å²) in [5.74, 6) is -2.39. The number of carbonyl (C=O) groups excluding carboxylic acids is 2. The normalized spacial score (nSPS) is 12.6.